The molecule has 1 aromatic heterocycles. The molecular formula is C21H20N4O3S. The summed E-state index contributed by atoms with van der Waals surface area (Å²) >= 11 is 1.22. The number of nitrogens with one attached hydrogen (secondary N) is 1. The second-order valence-electron chi connectivity index (χ2n) is 7.97. The number of fused-ring (bicyclic) bond motifs is 5. The van der Waals surface area contributed by atoms with Crippen molar-refractivity contribution >= 4 is 34.2 Å². The molecule has 1 aliphatic heterocycles. The highest BCUT2D eigenvalue weighted by atomic mass is 32.1. The van der Waals surface area contributed by atoms with Crippen LogP contribution in [0.1, 0.15) is 30.0 Å². The minimum atomic E-state index is -0.631. The average molecular weight is 408 g/mol. The molecule has 7 nitrogen and oxygen atoms in total. The molecule has 148 valence electrons. The summed E-state index contributed by atoms with van der Waals surface area (Å²) in [5.74, 6) is -0.877. The fraction of sp³-hybridized carbons (Fsp3) is 0.381. The van der Waals surface area contributed by atoms with Crippen LogP contribution in [0.2, 0.25) is 0 Å². The molecule has 2 aliphatic carbocycles. The number of benzene rings is 1. The van der Waals surface area contributed by atoms with Crippen molar-refractivity contribution in [2.45, 2.75) is 25.8 Å². The van der Waals surface area contributed by atoms with Crippen molar-refractivity contribution in [3.63, 3.8) is 0 Å². The fourth-order valence-corrected chi connectivity index (χ4v) is 5.41. The molecule has 0 radical (unpaired) electrons. The van der Waals surface area contributed by atoms with Crippen molar-refractivity contribution in [3.05, 3.63) is 53.1 Å². The number of aromatic nitrogens is 2. The first-order valence-electron chi connectivity index (χ1n) is 9.71. The van der Waals surface area contributed by atoms with E-state index < -0.39 is 6.04 Å². The first kappa shape index (κ1) is 18.2. The van der Waals surface area contributed by atoms with E-state index in [9.17, 15) is 14.4 Å². The van der Waals surface area contributed by atoms with Crippen molar-refractivity contribution in [1.29, 1.82) is 0 Å². The van der Waals surface area contributed by atoms with Gasteiger partial charge in [0.1, 0.15) is 5.51 Å². The first-order valence-corrected chi connectivity index (χ1v) is 10.6. The van der Waals surface area contributed by atoms with Gasteiger partial charge in [-0.25, -0.2) is 0 Å². The molecule has 2 aromatic rings. The number of nitrogens with zero attached hydrogens (tertiary/aromatic N) is 3. The third kappa shape index (κ3) is 2.98. The quantitative estimate of drug-likeness (QED) is 0.607. The summed E-state index contributed by atoms with van der Waals surface area (Å²) in [7, 11) is 0. The van der Waals surface area contributed by atoms with Crippen molar-refractivity contribution in [2.24, 2.45) is 23.7 Å². The molecule has 29 heavy (non-hydrogen) atoms. The van der Waals surface area contributed by atoms with Crippen LogP contribution in [-0.4, -0.2) is 32.8 Å². The van der Waals surface area contributed by atoms with E-state index in [1.165, 1.54) is 21.7 Å². The van der Waals surface area contributed by atoms with Crippen LogP contribution in [0.25, 0.3) is 0 Å². The zero-order valence-corrected chi connectivity index (χ0v) is 16.6. The summed E-state index contributed by atoms with van der Waals surface area (Å²) in [6.07, 6.45) is 5.02. The molecule has 1 aromatic carbocycles. The number of carbonyl (C=O) groups excluding carboxylic acids is 3. The predicted octanol–water partition coefficient (Wildman–Crippen LogP) is 2.72. The number of hydrogen-bond acceptors (Lipinski definition) is 6. The molecule has 1 N–H and O–H groups in total. The summed E-state index contributed by atoms with van der Waals surface area (Å²) in [6.45, 7) is 1.97. The number of hydrogen-bond donors (Lipinski definition) is 1. The summed E-state index contributed by atoms with van der Waals surface area (Å²) in [5, 5.41) is 10.7. The maximum absolute atomic E-state index is 13.3. The van der Waals surface area contributed by atoms with Crippen molar-refractivity contribution < 1.29 is 14.4 Å². The molecule has 2 heterocycles. The summed E-state index contributed by atoms with van der Waals surface area (Å²) in [4.78, 5) is 40.6. The van der Waals surface area contributed by atoms with Crippen LogP contribution in [0.15, 0.2) is 41.9 Å². The Morgan fingerprint density at radius 1 is 1.17 bits per heavy atom. The monoisotopic (exact) mass is 408 g/mol. The zero-order chi connectivity index (χ0) is 20.1. The molecule has 1 saturated carbocycles. The molecule has 3 amide bonds. The maximum Gasteiger partial charge on any atom is 0.234 e. The third-order valence-electron chi connectivity index (χ3n) is 6.26. The smallest absolute Gasteiger partial charge is 0.234 e. The molecule has 5 unspecified atom stereocenters. The largest absolute Gasteiger partial charge is 0.300 e. The van der Waals surface area contributed by atoms with Crippen LogP contribution in [0.5, 0.6) is 0 Å². The average Bonchev–Trinajstić information content (AvgIpc) is 3.47. The minimum Gasteiger partial charge on any atom is -0.300 e. The molecule has 8 heteroatoms. The molecule has 1 saturated heterocycles. The van der Waals surface area contributed by atoms with E-state index in [0.29, 0.717) is 5.13 Å². The van der Waals surface area contributed by atoms with Gasteiger partial charge in [0.25, 0.3) is 0 Å². The molecule has 2 fully saturated rings. The lowest BCUT2D eigenvalue weighted by atomic mass is 9.85. The van der Waals surface area contributed by atoms with E-state index >= 15 is 0 Å². The van der Waals surface area contributed by atoms with Gasteiger partial charge in [-0.05, 0) is 30.7 Å². The Balaban J connectivity index is 1.45. The van der Waals surface area contributed by atoms with Crippen LogP contribution < -0.4 is 5.32 Å². The lowest BCUT2D eigenvalue weighted by Gasteiger charge is -2.28. The second kappa shape index (κ2) is 6.88. The number of allylic oxidation sites excluding steroid dienone is 2. The van der Waals surface area contributed by atoms with Gasteiger partial charge in [0.2, 0.25) is 22.9 Å². The van der Waals surface area contributed by atoms with Gasteiger partial charge in [-0.1, -0.05) is 53.3 Å². The highest BCUT2D eigenvalue weighted by molar-refractivity contribution is 7.13. The first-order chi connectivity index (χ1) is 14.0. The number of anilines is 1. The van der Waals surface area contributed by atoms with Crippen molar-refractivity contribution in [1.82, 2.24) is 15.1 Å². The molecule has 0 spiro atoms. The summed E-state index contributed by atoms with van der Waals surface area (Å²) < 4.78 is 0. The van der Waals surface area contributed by atoms with Crippen LogP contribution in [0, 0.1) is 30.6 Å². The Morgan fingerprint density at radius 2 is 1.83 bits per heavy atom. The van der Waals surface area contributed by atoms with Gasteiger partial charge < -0.3 is 5.32 Å². The van der Waals surface area contributed by atoms with Gasteiger partial charge in [-0.3, -0.25) is 19.3 Å². The van der Waals surface area contributed by atoms with Gasteiger partial charge in [0.05, 0.1) is 24.3 Å². The van der Waals surface area contributed by atoms with Crippen LogP contribution in [-0.2, 0) is 14.4 Å². The number of likely N-dealkylation sites (tertiary alicyclic amines) is 1. The van der Waals surface area contributed by atoms with Gasteiger partial charge in [0.15, 0.2) is 0 Å². The Labute approximate surface area is 171 Å². The second-order valence-corrected chi connectivity index (χ2v) is 8.80. The lowest BCUT2D eigenvalue weighted by Crippen LogP contribution is -2.38. The Morgan fingerprint density at radius 3 is 2.41 bits per heavy atom. The number of carbonyl (C=O) groups is 3. The Kier molecular flexibility index (Phi) is 4.31. The van der Waals surface area contributed by atoms with Crippen LogP contribution in [0.3, 0.4) is 0 Å². The molecule has 5 atom stereocenters. The van der Waals surface area contributed by atoms with Gasteiger partial charge in [-0.2, -0.15) is 0 Å². The summed E-state index contributed by atoms with van der Waals surface area (Å²) in [5.41, 5.74) is 3.39. The molecular weight excluding hydrogens is 388 g/mol. The topological polar surface area (TPSA) is 92.3 Å². The predicted molar refractivity (Wildman–Crippen MR) is 107 cm³/mol. The van der Waals surface area contributed by atoms with E-state index in [1.54, 1.807) is 0 Å². The van der Waals surface area contributed by atoms with Crippen LogP contribution >= 0.6 is 11.3 Å². The molecule has 2 bridgehead atoms. The van der Waals surface area contributed by atoms with Crippen LogP contribution in [0.4, 0.5) is 5.13 Å². The number of rotatable bonds is 5. The summed E-state index contributed by atoms with van der Waals surface area (Å²) in [6, 6.07) is 7.01. The SMILES string of the molecule is Cc1ccc(C(CC(=O)Nc2nncs2)N2C(=O)C3C4C=CC(C4)C3C2=O)cc1. The Bertz CT molecular complexity index is 971. The highest BCUT2D eigenvalue weighted by Crippen LogP contribution is 2.54. The fourth-order valence-electron chi connectivity index (χ4n) is 4.95. The van der Waals surface area contributed by atoms with E-state index in [0.717, 1.165) is 17.5 Å². The van der Waals surface area contributed by atoms with E-state index in [4.69, 9.17) is 0 Å². The lowest BCUT2D eigenvalue weighted by molar-refractivity contribution is -0.144. The third-order valence-corrected chi connectivity index (χ3v) is 6.87. The number of amides is 3. The van der Waals surface area contributed by atoms with Gasteiger partial charge >= 0.3 is 0 Å². The number of imide groups is 1. The van der Waals surface area contributed by atoms with Gasteiger partial charge in [-0.15, -0.1) is 10.2 Å². The van der Waals surface area contributed by atoms with E-state index in [-0.39, 0.29) is 47.8 Å². The zero-order valence-electron chi connectivity index (χ0n) is 15.8. The Hall–Kier alpha value is -2.87. The highest BCUT2D eigenvalue weighted by Gasteiger charge is 2.60. The number of aryl methyl sites for hydroxylation is 1. The van der Waals surface area contributed by atoms with Crippen molar-refractivity contribution in [2.75, 3.05) is 5.32 Å². The minimum absolute atomic E-state index is 0.0116. The standard InChI is InChI=1S/C21H20N4O3S/c1-11-2-4-12(5-3-11)15(9-16(26)23-21-24-22-10-29-21)25-19(27)17-13-6-7-14(8-13)18(17)20(25)28/h2-7,10,13-15,17-18H,8-9H2,1H3,(H,23,24,26). The molecule has 5 rings (SSSR count). The van der Waals surface area contributed by atoms with E-state index in [2.05, 4.69) is 27.7 Å². The molecule has 3 aliphatic rings. The normalized spacial score (nSPS) is 28.1. The maximum atomic E-state index is 13.3. The van der Waals surface area contributed by atoms with Gasteiger partial charge in [0, 0.05) is 0 Å². The van der Waals surface area contributed by atoms with Crippen molar-refractivity contribution in [3.8, 4) is 0 Å². The van der Waals surface area contributed by atoms with E-state index in [1.807, 2.05) is 31.2 Å².